The smallest absolute Gasteiger partial charge is 0.409 e. The first kappa shape index (κ1) is 25.8. The predicted molar refractivity (Wildman–Crippen MR) is 129 cm³/mol. The number of ether oxygens (including phenoxy) is 1. The van der Waals surface area contributed by atoms with E-state index in [1.54, 1.807) is 4.90 Å². The van der Waals surface area contributed by atoms with Gasteiger partial charge in [0.2, 0.25) is 0 Å². The van der Waals surface area contributed by atoms with E-state index in [4.69, 9.17) is 21.3 Å². The van der Waals surface area contributed by atoms with Gasteiger partial charge < -0.3 is 25.2 Å². The predicted octanol–water partition coefficient (Wildman–Crippen LogP) is 3.35. The van der Waals surface area contributed by atoms with E-state index in [0.29, 0.717) is 19.6 Å². The second-order valence-corrected chi connectivity index (χ2v) is 7.56. The molecule has 164 valence electrons. The van der Waals surface area contributed by atoms with Crippen molar-refractivity contribution in [1.82, 2.24) is 20.4 Å². The summed E-state index contributed by atoms with van der Waals surface area (Å²) in [6.07, 6.45) is 1.48. The average molecular weight is 538 g/mol. The highest BCUT2D eigenvalue weighted by molar-refractivity contribution is 14.0. The maximum absolute atomic E-state index is 11.6. The lowest BCUT2D eigenvalue weighted by Gasteiger charge is -2.32. The van der Waals surface area contributed by atoms with Gasteiger partial charge in [-0.1, -0.05) is 23.7 Å². The zero-order valence-corrected chi connectivity index (χ0v) is 20.7. The van der Waals surface area contributed by atoms with E-state index in [9.17, 15) is 4.79 Å². The molecule has 1 aromatic carbocycles. The summed E-state index contributed by atoms with van der Waals surface area (Å²) >= 11 is 6.02. The summed E-state index contributed by atoms with van der Waals surface area (Å²) in [6, 6.07) is 8.36. The summed E-state index contributed by atoms with van der Waals surface area (Å²) < 4.78 is 4.80. The SMILES string of the molecule is CCNC(=NCC(c1ccc(Cl)cc1)N(C)C)NC1CCN(C(=O)OC)CC1.I. The van der Waals surface area contributed by atoms with Crippen LogP contribution in [0.3, 0.4) is 0 Å². The fraction of sp³-hybridized carbons (Fsp3) is 0.600. The number of halogens is 2. The number of rotatable bonds is 6. The van der Waals surface area contributed by atoms with Crippen molar-refractivity contribution in [3.05, 3.63) is 34.9 Å². The third-order valence-electron chi connectivity index (χ3n) is 4.91. The molecule has 1 atom stereocenters. The number of benzene rings is 1. The molecule has 0 spiro atoms. The molecule has 0 radical (unpaired) electrons. The second kappa shape index (κ2) is 13.1. The van der Waals surface area contributed by atoms with Crippen LogP contribution in [-0.2, 0) is 4.74 Å². The number of likely N-dealkylation sites (tertiary alicyclic amines) is 1. The van der Waals surface area contributed by atoms with E-state index < -0.39 is 0 Å². The van der Waals surface area contributed by atoms with Gasteiger partial charge in [0.1, 0.15) is 0 Å². The number of amides is 1. The molecule has 7 nitrogen and oxygen atoms in total. The fourth-order valence-corrected chi connectivity index (χ4v) is 3.40. The molecule has 29 heavy (non-hydrogen) atoms. The normalized spacial score (nSPS) is 16.2. The van der Waals surface area contributed by atoms with Gasteiger partial charge >= 0.3 is 6.09 Å². The van der Waals surface area contributed by atoms with Gasteiger partial charge in [0.25, 0.3) is 0 Å². The maximum atomic E-state index is 11.6. The van der Waals surface area contributed by atoms with Crippen LogP contribution in [0, 0.1) is 0 Å². The molecule has 0 aliphatic carbocycles. The summed E-state index contributed by atoms with van der Waals surface area (Å²) in [7, 11) is 5.53. The number of nitrogens with one attached hydrogen (secondary N) is 2. The number of hydrogen-bond donors (Lipinski definition) is 2. The van der Waals surface area contributed by atoms with Crippen molar-refractivity contribution >= 4 is 47.6 Å². The Morgan fingerprint density at radius 1 is 1.31 bits per heavy atom. The summed E-state index contributed by atoms with van der Waals surface area (Å²) in [5, 5.41) is 7.57. The number of aliphatic imine (C=N–C) groups is 1. The van der Waals surface area contributed by atoms with Crippen molar-refractivity contribution in [3.63, 3.8) is 0 Å². The highest BCUT2D eigenvalue weighted by Crippen LogP contribution is 2.21. The van der Waals surface area contributed by atoms with E-state index in [0.717, 1.165) is 30.4 Å². The minimum absolute atomic E-state index is 0. The fourth-order valence-electron chi connectivity index (χ4n) is 3.28. The molecule has 1 heterocycles. The highest BCUT2D eigenvalue weighted by Gasteiger charge is 2.24. The monoisotopic (exact) mass is 537 g/mol. The summed E-state index contributed by atoms with van der Waals surface area (Å²) in [6.45, 7) is 4.86. The number of carbonyl (C=O) groups excluding carboxylic acids is 1. The number of methoxy groups -OCH3 is 1. The Kier molecular flexibility index (Phi) is 11.7. The molecule has 2 N–H and O–H groups in total. The van der Waals surface area contributed by atoms with Gasteiger partial charge in [0.05, 0.1) is 19.7 Å². The molecule has 1 aromatic rings. The molecule has 9 heteroatoms. The Balaban J connectivity index is 0.00000420. The zero-order valence-electron chi connectivity index (χ0n) is 17.7. The Hall–Kier alpha value is -1.26. The molecule has 1 aliphatic heterocycles. The van der Waals surface area contributed by atoms with Crippen LogP contribution in [0.25, 0.3) is 0 Å². The van der Waals surface area contributed by atoms with Crippen LogP contribution in [0.5, 0.6) is 0 Å². The molecule has 0 saturated carbocycles. The molecule has 1 fully saturated rings. The van der Waals surface area contributed by atoms with Gasteiger partial charge in [-0.2, -0.15) is 0 Å². The van der Waals surface area contributed by atoms with Crippen LogP contribution in [0.2, 0.25) is 5.02 Å². The minimum atomic E-state index is -0.254. The van der Waals surface area contributed by atoms with Gasteiger partial charge in [-0.15, -0.1) is 24.0 Å². The van der Waals surface area contributed by atoms with Gasteiger partial charge in [-0.05, 0) is 51.6 Å². The molecule has 1 saturated heterocycles. The van der Waals surface area contributed by atoms with Gasteiger partial charge in [-0.3, -0.25) is 4.99 Å². The van der Waals surface area contributed by atoms with Crippen LogP contribution >= 0.6 is 35.6 Å². The first-order valence-corrected chi connectivity index (χ1v) is 10.1. The van der Waals surface area contributed by atoms with E-state index in [2.05, 4.69) is 36.6 Å². The molecule has 1 unspecified atom stereocenters. The largest absolute Gasteiger partial charge is 0.453 e. The lowest BCUT2D eigenvalue weighted by Crippen LogP contribution is -2.50. The number of piperidine rings is 1. The number of hydrogen-bond acceptors (Lipinski definition) is 4. The van der Waals surface area contributed by atoms with Crippen molar-refractivity contribution in [3.8, 4) is 0 Å². The molecule has 0 bridgehead atoms. The van der Waals surface area contributed by atoms with E-state index in [1.165, 1.54) is 12.7 Å². The summed E-state index contributed by atoms with van der Waals surface area (Å²) in [4.78, 5) is 20.3. The van der Waals surface area contributed by atoms with Crippen LogP contribution in [-0.4, -0.2) is 75.3 Å². The number of guanidine groups is 1. The van der Waals surface area contributed by atoms with E-state index in [-0.39, 0.29) is 42.2 Å². The Morgan fingerprint density at radius 3 is 2.45 bits per heavy atom. The first-order valence-electron chi connectivity index (χ1n) is 9.74. The lowest BCUT2D eigenvalue weighted by atomic mass is 10.1. The van der Waals surface area contributed by atoms with Gasteiger partial charge in [0, 0.05) is 30.7 Å². The minimum Gasteiger partial charge on any atom is -0.453 e. The molecule has 2 rings (SSSR count). The third kappa shape index (κ3) is 8.18. The first-order chi connectivity index (χ1) is 13.4. The maximum Gasteiger partial charge on any atom is 0.409 e. The summed E-state index contributed by atoms with van der Waals surface area (Å²) in [5.74, 6) is 0.805. The van der Waals surface area contributed by atoms with Crippen molar-refractivity contribution in [1.29, 1.82) is 0 Å². The summed E-state index contributed by atoms with van der Waals surface area (Å²) in [5.41, 5.74) is 1.18. The number of nitrogens with zero attached hydrogens (tertiary/aromatic N) is 3. The van der Waals surface area contributed by atoms with Crippen molar-refractivity contribution in [2.45, 2.75) is 31.8 Å². The number of likely N-dealkylation sites (N-methyl/N-ethyl adjacent to an activating group) is 1. The van der Waals surface area contributed by atoms with Gasteiger partial charge in [0.15, 0.2) is 5.96 Å². The molecular formula is C20H33ClIN5O2. The molecule has 1 amide bonds. The molecule has 0 aromatic heterocycles. The zero-order chi connectivity index (χ0) is 20.5. The quantitative estimate of drug-likeness (QED) is 0.331. The van der Waals surface area contributed by atoms with Crippen LogP contribution in [0.1, 0.15) is 31.4 Å². The number of carbonyl (C=O) groups is 1. The van der Waals surface area contributed by atoms with E-state index in [1.807, 2.05) is 24.3 Å². The van der Waals surface area contributed by atoms with Crippen molar-refractivity contribution in [2.24, 2.45) is 4.99 Å². The lowest BCUT2D eigenvalue weighted by molar-refractivity contribution is 0.111. The topological polar surface area (TPSA) is 69.2 Å². The Labute approximate surface area is 196 Å². The van der Waals surface area contributed by atoms with Crippen LogP contribution in [0.4, 0.5) is 4.79 Å². The Morgan fingerprint density at radius 2 is 1.93 bits per heavy atom. The highest BCUT2D eigenvalue weighted by atomic mass is 127. The third-order valence-corrected chi connectivity index (χ3v) is 5.17. The van der Waals surface area contributed by atoms with Gasteiger partial charge in [-0.25, -0.2) is 4.79 Å². The van der Waals surface area contributed by atoms with Crippen molar-refractivity contribution < 1.29 is 9.53 Å². The van der Waals surface area contributed by atoms with E-state index >= 15 is 0 Å². The average Bonchev–Trinajstić information content (AvgIpc) is 2.69. The van der Waals surface area contributed by atoms with Crippen LogP contribution in [0.15, 0.2) is 29.3 Å². The van der Waals surface area contributed by atoms with Crippen molar-refractivity contribution in [2.75, 3.05) is 47.4 Å². The Bertz CT molecular complexity index is 649. The standard InChI is InChI=1S/C20H32ClN5O2.HI/c1-5-22-19(24-17-10-12-26(13-11-17)20(27)28-4)23-14-18(25(2)3)15-6-8-16(21)9-7-15;/h6-9,17-18H,5,10-14H2,1-4H3,(H2,22,23,24);1H. The molecular weight excluding hydrogens is 505 g/mol. The molecule has 1 aliphatic rings. The second-order valence-electron chi connectivity index (χ2n) is 7.13. The van der Waals surface area contributed by atoms with Crippen LogP contribution < -0.4 is 10.6 Å².